The second kappa shape index (κ2) is 3.96. The van der Waals surface area contributed by atoms with Gasteiger partial charge in [0.15, 0.2) is 5.76 Å². The average molecular weight is 249 g/mol. The molecule has 1 aliphatic rings. The van der Waals surface area contributed by atoms with Crippen LogP contribution in [0, 0.1) is 0 Å². The summed E-state index contributed by atoms with van der Waals surface area (Å²) in [7, 11) is 1.83. The Bertz CT molecular complexity index is 560. The van der Waals surface area contributed by atoms with Gasteiger partial charge in [0.2, 0.25) is 0 Å². The number of aromatic nitrogens is 2. The topological polar surface area (TPSA) is 60.1 Å². The molecule has 0 radical (unpaired) electrons. The summed E-state index contributed by atoms with van der Waals surface area (Å²) < 4.78 is 6.77. The van der Waals surface area contributed by atoms with Crippen molar-refractivity contribution in [3.8, 4) is 0 Å². The molecule has 3 heterocycles. The molecule has 0 spiro atoms. The molecule has 0 saturated heterocycles. The smallest absolute Gasteiger partial charge is 0.292 e. The first kappa shape index (κ1) is 10.5. The molecule has 0 aromatic carbocycles. The lowest BCUT2D eigenvalue weighted by atomic mass is 10.3. The number of fused-ring (bicyclic) bond motifs is 1. The van der Waals surface area contributed by atoms with Gasteiger partial charge in [0, 0.05) is 24.1 Å². The third-order valence-corrected chi connectivity index (χ3v) is 3.66. The molecule has 0 aliphatic carbocycles. The number of thioether (sulfide) groups is 1. The molecule has 88 valence electrons. The number of nitrogens with one attached hydrogen (secondary N) is 1. The van der Waals surface area contributed by atoms with Crippen LogP contribution in [0.15, 0.2) is 22.8 Å². The zero-order valence-corrected chi connectivity index (χ0v) is 10.1. The summed E-state index contributed by atoms with van der Waals surface area (Å²) in [6.45, 7) is 0. The molecule has 2 aromatic rings. The summed E-state index contributed by atoms with van der Waals surface area (Å²) >= 11 is 1.81. The molecular weight excluding hydrogens is 238 g/mol. The van der Waals surface area contributed by atoms with E-state index in [9.17, 15) is 4.79 Å². The quantitative estimate of drug-likeness (QED) is 0.884. The van der Waals surface area contributed by atoms with Crippen LogP contribution in [0.5, 0.6) is 0 Å². The SMILES string of the molecule is Cn1nc2c(c1NC(=O)c1ccco1)CSC2. The van der Waals surface area contributed by atoms with E-state index in [0.717, 1.165) is 28.6 Å². The lowest BCUT2D eigenvalue weighted by Crippen LogP contribution is -2.14. The Morgan fingerprint density at radius 3 is 3.24 bits per heavy atom. The third-order valence-electron chi connectivity index (χ3n) is 2.69. The average Bonchev–Trinajstić information content (AvgIpc) is 2.98. The van der Waals surface area contributed by atoms with Crippen LogP contribution in [-0.2, 0) is 18.6 Å². The maximum absolute atomic E-state index is 11.9. The van der Waals surface area contributed by atoms with Crippen molar-refractivity contribution in [1.82, 2.24) is 9.78 Å². The molecule has 1 N–H and O–H groups in total. The van der Waals surface area contributed by atoms with Gasteiger partial charge in [0.25, 0.3) is 5.91 Å². The molecule has 1 aliphatic heterocycles. The van der Waals surface area contributed by atoms with Crippen molar-refractivity contribution in [2.75, 3.05) is 5.32 Å². The van der Waals surface area contributed by atoms with E-state index in [1.165, 1.54) is 6.26 Å². The van der Waals surface area contributed by atoms with Crippen molar-refractivity contribution in [1.29, 1.82) is 0 Å². The lowest BCUT2D eigenvalue weighted by Gasteiger charge is -2.05. The Kier molecular flexibility index (Phi) is 2.44. The number of carbonyl (C=O) groups is 1. The maximum atomic E-state index is 11.9. The van der Waals surface area contributed by atoms with Crippen LogP contribution in [0.3, 0.4) is 0 Å². The summed E-state index contributed by atoms with van der Waals surface area (Å²) in [5.74, 6) is 2.66. The lowest BCUT2D eigenvalue weighted by molar-refractivity contribution is 0.0995. The predicted molar refractivity (Wildman–Crippen MR) is 64.9 cm³/mol. The minimum Gasteiger partial charge on any atom is -0.459 e. The Morgan fingerprint density at radius 2 is 2.47 bits per heavy atom. The first-order valence-electron chi connectivity index (χ1n) is 5.23. The van der Waals surface area contributed by atoms with E-state index in [4.69, 9.17) is 4.42 Å². The second-order valence-corrected chi connectivity index (χ2v) is 4.81. The number of furan rings is 1. The first-order valence-corrected chi connectivity index (χ1v) is 6.38. The van der Waals surface area contributed by atoms with Crippen LogP contribution in [0.25, 0.3) is 0 Å². The van der Waals surface area contributed by atoms with E-state index < -0.39 is 0 Å². The molecule has 0 unspecified atom stereocenters. The number of aryl methyl sites for hydroxylation is 1. The van der Waals surface area contributed by atoms with Crippen molar-refractivity contribution in [2.45, 2.75) is 11.5 Å². The Labute approximate surface area is 102 Å². The van der Waals surface area contributed by atoms with Gasteiger partial charge < -0.3 is 9.73 Å². The van der Waals surface area contributed by atoms with Gasteiger partial charge in [-0.1, -0.05) is 0 Å². The number of amides is 1. The van der Waals surface area contributed by atoms with Crippen LogP contribution in [0.2, 0.25) is 0 Å². The first-order chi connectivity index (χ1) is 8.25. The van der Waals surface area contributed by atoms with E-state index in [2.05, 4.69) is 10.4 Å². The van der Waals surface area contributed by atoms with Gasteiger partial charge in [-0.15, -0.1) is 0 Å². The van der Waals surface area contributed by atoms with Gasteiger partial charge >= 0.3 is 0 Å². The van der Waals surface area contributed by atoms with Crippen LogP contribution >= 0.6 is 11.8 Å². The van der Waals surface area contributed by atoms with E-state index >= 15 is 0 Å². The van der Waals surface area contributed by atoms with Crippen LogP contribution in [0.4, 0.5) is 5.82 Å². The Morgan fingerprint density at radius 1 is 1.59 bits per heavy atom. The highest BCUT2D eigenvalue weighted by molar-refractivity contribution is 7.98. The van der Waals surface area contributed by atoms with E-state index in [1.807, 2.05) is 7.05 Å². The molecule has 5 nitrogen and oxygen atoms in total. The standard InChI is InChI=1S/C11H11N3O2S/c1-14-10(7-5-17-6-8(7)13-14)12-11(15)9-3-2-4-16-9/h2-4H,5-6H2,1H3,(H,12,15). The largest absolute Gasteiger partial charge is 0.459 e. The maximum Gasteiger partial charge on any atom is 0.292 e. The summed E-state index contributed by atoms with van der Waals surface area (Å²) in [5, 5.41) is 7.22. The minimum atomic E-state index is -0.238. The Balaban J connectivity index is 1.88. The predicted octanol–water partition coefficient (Wildman–Crippen LogP) is 2.01. The van der Waals surface area contributed by atoms with E-state index in [-0.39, 0.29) is 5.91 Å². The fraction of sp³-hybridized carbons (Fsp3) is 0.273. The highest BCUT2D eigenvalue weighted by Crippen LogP contribution is 2.34. The van der Waals surface area contributed by atoms with Crippen molar-refractivity contribution in [3.63, 3.8) is 0 Å². The summed E-state index contributed by atoms with van der Waals surface area (Å²) in [6, 6.07) is 3.33. The molecule has 3 rings (SSSR count). The zero-order valence-electron chi connectivity index (χ0n) is 9.27. The summed E-state index contributed by atoms with van der Waals surface area (Å²) in [4.78, 5) is 11.9. The third kappa shape index (κ3) is 1.74. The van der Waals surface area contributed by atoms with Crippen molar-refractivity contribution in [3.05, 3.63) is 35.4 Å². The van der Waals surface area contributed by atoms with E-state index in [1.54, 1.807) is 28.6 Å². The number of hydrogen-bond acceptors (Lipinski definition) is 4. The summed E-state index contributed by atoms with van der Waals surface area (Å²) in [6.07, 6.45) is 1.48. The number of hydrogen-bond donors (Lipinski definition) is 1. The second-order valence-electron chi connectivity index (χ2n) is 3.82. The fourth-order valence-electron chi connectivity index (χ4n) is 1.87. The van der Waals surface area contributed by atoms with Gasteiger partial charge in [-0.05, 0) is 12.1 Å². The molecule has 0 bridgehead atoms. The fourth-order valence-corrected chi connectivity index (χ4v) is 2.91. The van der Waals surface area contributed by atoms with Crippen LogP contribution in [0.1, 0.15) is 21.8 Å². The monoisotopic (exact) mass is 249 g/mol. The highest BCUT2D eigenvalue weighted by Gasteiger charge is 2.23. The zero-order chi connectivity index (χ0) is 11.8. The number of rotatable bonds is 2. The minimum absolute atomic E-state index is 0.238. The molecule has 6 heteroatoms. The van der Waals surface area contributed by atoms with Crippen LogP contribution < -0.4 is 5.32 Å². The van der Waals surface area contributed by atoms with Crippen molar-refractivity contribution < 1.29 is 9.21 Å². The normalized spacial score (nSPS) is 13.7. The van der Waals surface area contributed by atoms with Gasteiger partial charge in [0.05, 0.1) is 12.0 Å². The molecule has 17 heavy (non-hydrogen) atoms. The summed E-state index contributed by atoms with van der Waals surface area (Å²) in [5.41, 5.74) is 2.18. The molecule has 0 fully saturated rings. The van der Waals surface area contributed by atoms with Gasteiger partial charge in [0.1, 0.15) is 5.82 Å². The van der Waals surface area contributed by atoms with Gasteiger partial charge in [-0.3, -0.25) is 9.48 Å². The highest BCUT2D eigenvalue weighted by atomic mass is 32.2. The molecule has 0 saturated carbocycles. The molecule has 0 atom stereocenters. The van der Waals surface area contributed by atoms with Gasteiger partial charge in [-0.2, -0.15) is 16.9 Å². The van der Waals surface area contributed by atoms with Crippen molar-refractivity contribution >= 4 is 23.5 Å². The number of carbonyl (C=O) groups excluding carboxylic acids is 1. The van der Waals surface area contributed by atoms with Gasteiger partial charge in [-0.25, -0.2) is 0 Å². The molecule has 2 aromatic heterocycles. The van der Waals surface area contributed by atoms with Crippen LogP contribution in [-0.4, -0.2) is 15.7 Å². The van der Waals surface area contributed by atoms with Crippen molar-refractivity contribution in [2.24, 2.45) is 7.05 Å². The molecule has 1 amide bonds. The number of anilines is 1. The molecular formula is C11H11N3O2S. The van der Waals surface area contributed by atoms with E-state index in [0.29, 0.717) is 5.76 Å². The number of nitrogens with zero attached hydrogens (tertiary/aromatic N) is 2. The Hall–Kier alpha value is -1.69.